The summed E-state index contributed by atoms with van der Waals surface area (Å²) in [5, 5.41) is 11.6. The number of benzene rings is 2. The summed E-state index contributed by atoms with van der Waals surface area (Å²) in [7, 11) is 0. The van der Waals surface area contributed by atoms with Gasteiger partial charge in [0.1, 0.15) is 11.3 Å². The van der Waals surface area contributed by atoms with E-state index in [0.29, 0.717) is 28.4 Å². The van der Waals surface area contributed by atoms with Crippen molar-refractivity contribution < 1.29 is 18.7 Å². The summed E-state index contributed by atoms with van der Waals surface area (Å²) in [5.41, 5.74) is 2.79. The van der Waals surface area contributed by atoms with Crippen molar-refractivity contribution in [3.05, 3.63) is 54.1 Å². The lowest BCUT2D eigenvalue weighted by molar-refractivity contribution is -0.144. The van der Waals surface area contributed by atoms with Crippen LogP contribution >= 0.6 is 11.8 Å². The van der Waals surface area contributed by atoms with Gasteiger partial charge in [0.25, 0.3) is 11.1 Å². The Morgan fingerprint density at radius 2 is 1.96 bits per heavy atom. The molecule has 1 amide bonds. The van der Waals surface area contributed by atoms with E-state index in [4.69, 9.17) is 14.4 Å². The van der Waals surface area contributed by atoms with Crippen LogP contribution in [0.4, 0.5) is 5.69 Å². The van der Waals surface area contributed by atoms with Gasteiger partial charge in [0.05, 0.1) is 12.5 Å². The van der Waals surface area contributed by atoms with Crippen molar-refractivity contribution >= 4 is 40.4 Å². The summed E-state index contributed by atoms with van der Waals surface area (Å²) >= 11 is 1.11. The van der Waals surface area contributed by atoms with E-state index in [2.05, 4.69) is 16.4 Å². The molecule has 0 radical (unpaired) electrons. The van der Waals surface area contributed by atoms with Gasteiger partial charge in [0.2, 0.25) is 0 Å². The predicted octanol–water partition coefficient (Wildman–Crippen LogP) is 3.17. The summed E-state index contributed by atoms with van der Waals surface area (Å²) in [6, 6.07) is 16.2. The molecule has 0 saturated carbocycles. The molecule has 0 aliphatic heterocycles. The number of thioether (sulfide) groups is 1. The number of esters is 1. The van der Waals surface area contributed by atoms with Crippen molar-refractivity contribution in [2.45, 2.75) is 11.6 Å². The molecule has 3 aromatic rings. The number of oxazole rings is 1. The highest BCUT2D eigenvalue weighted by Crippen LogP contribution is 2.23. The Morgan fingerprint density at radius 3 is 2.70 bits per heavy atom. The van der Waals surface area contributed by atoms with Gasteiger partial charge in [-0.2, -0.15) is 5.26 Å². The zero-order valence-corrected chi connectivity index (χ0v) is 15.0. The second-order valence-corrected chi connectivity index (χ2v) is 6.40. The van der Waals surface area contributed by atoms with Crippen LogP contribution in [0, 0.1) is 11.3 Å². The SMILES string of the molecule is N#CCc1ccc(NC(=O)COC(=O)CSc2nc3ccccc3o2)cc1. The molecule has 1 aromatic heterocycles. The van der Waals surface area contributed by atoms with Gasteiger partial charge in [-0.05, 0) is 29.8 Å². The number of carbonyl (C=O) groups excluding carboxylic acids is 2. The molecule has 2 aromatic carbocycles. The number of nitrogens with zero attached hydrogens (tertiary/aromatic N) is 2. The normalized spacial score (nSPS) is 10.3. The number of nitriles is 1. The monoisotopic (exact) mass is 381 g/mol. The Morgan fingerprint density at radius 1 is 1.19 bits per heavy atom. The Hall–Kier alpha value is -3.31. The van der Waals surface area contributed by atoms with Crippen molar-refractivity contribution in [2.75, 3.05) is 17.7 Å². The maximum absolute atomic E-state index is 11.8. The molecule has 0 fully saturated rings. The molecule has 0 aliphatic carbocycles. The van der Waals surface area contributed by atoms with Crippen LogP contribution < -0.4 is 5.32 Å². The number of aromatic nitrogens is 1. The fourth-order valence-corrected chi connectivity index (χ4v) is 2.85. The van der Waals surface area contributed by atoms with Gasteiger partial charge in [0.15, 0.2) is 12.2 Å². The lowest BCUT2D eigenvalue weighted by atomic mass is 10.1. The van der Waals surface area contributed by atoms with Gasteiger partial charge in [-0.15, -0.1) is 0 Å². The third-order valence-corrected chi connectivity index (χ3v) is 4.27. The van der Waals surface area contributed by atoms with Crippen LogP contribution in [0.25, 0.3) is 11.1 Å². The average molecular weight is 381 g/mol. The van der Waals surface area contributed by atoms with Gasteiger partial charge in [-0.25, -0.2) is 4.98 Å². The zero-order valence-electron chi connectivity index (χ0n) is 14.2. The molecule has 3 rings (SSSR count). The minimum Gasteiger partial charge on any atom is -0.455 e. The summed E-state index contributed by atoms with van der Waals surface area (Å²) in [6.07, 6.45) is 0.309. The molecule has 0 saturated heterocycles. The Labute approximate surface area is 159 Å². The third-order valence-electron chi connectivity index (χ3n) is 3.47. The van der Waals surface area contributed by atoms with E-state index < -0.39 is 11.9 Å². The summed E-state index contributed by atoms with van der Waals surface area (Å²) in [6.45, 7) is -0.382. The zero-order chi connectivity index (χ0) is 19.1. The number of hydrogen-bond donors (Lipinski definition) is 1. The van der Waals surface area contributed by atoms with Gasteiger partial charge in [0, 0.05) is 5.69 Å². The van der Waals surface area contributed by atoms with Crippen LogP contribution in [-0.2, 0) is 20.7 Å². The molecule has 8 heteroatoms. The predicted molar refractivity (Wildman–Crippen MR) is 100 cm³/mol. The molecule has 1 N–H and O–H groups in total. The summed E-state index contributed by atoms with van der Waals surface area (Å²) in [4.78, 5) is 27.9. The molecule has 136 valence electrons. The van der Waals surface area contributed by atoms with Crippen LogP contribution in [0.1, 0.15) is 5.56 Å². The van der Waals surface area contributed by atoms with Crippen LogP contribution in [0.3, 0.4) is 0 Å². The van der Waals surface area contributed by atoms with Crippen molar-refractivity contribution in [3.8, 4) is 6.07 Å². The number of nitrogens with one attached hydrogen (secondary N) is 1. The first-order valence-corrected chi connectivity index (χ1v) is 9.02. The molecule has 0 aliphatic rings. The maximum Gasteiger partial charge on any atom is 0.316 e. The first-order chi connectivity index (χ1) is 13.1. The first-order valence-electron chi connectivity index (χ1n) is 8.04. The number of carbonyl (C=O) groups is 2. The lowest BCUT2D eigenvalue weighted by Gasteiger charge is -2.06. The number of amides is 1. The Kier molecular flexibility index (Phi) is 6.07. The molecular formula is C19H15N3O4S. The second-order valence-electron chi connectivity index (χ2n) is 5.48. The second kappa shape index (κ2) is 8.87. The van der Waals surface area contributed by atoms with Crippen LogP contribution in [-0.4, -0.2) is 29.2 Å². The summed E-state index contributed by atoms with van der Waals surface area (Å²) in [5.74, 6) is -0.992. The number of rotatable bonds is 7. The van der Waals surface area contributed by atoms with E-state index in [1.54, 1.807) is 30.3 Å². The maximum atomic E-state index is 11.8. The van der Waals surface area contributed by atoms with Crippen molar-refractivity contribution in [2.24, 2.45) is 0 Å². The molecule has 0 atom stereocenters. The van der Waals surface area contributed by atoms with Crippen molar-refractivity contribution in [3.63, 3.8) is 0 Å². The van der Waals surface area contributed by atoms with E-state index >= 15 is 0 Å². The molecule has 27 heavy (non-hydrogen) atoms. The number of anilines is 1. The van der Waals surface area contributed by atoms with E-state index in [0.717, 1.165) is 17.3 Å². The van der Waals surface area contributed by atoms with Crippen LogP contribution in [0.15, 0.2) is 58.2 Å². The molecule has 0 bridgehead atoms. The van der Waals surface area contributed by atoms with Gasteiger partial charge < -0.3 is 14.5 Å². The van der Waals surface area contributed by atoms with E-state index in [1.165, 1.54) is 0 Å². The van der Waals surface area contributed by atoms with Crippen molar-refractivity contribution in [1.82, 2.24) is 4.98 Å². The van der Waals surface area contributed by atoms with Gasteiger partial charge >= 0.3 is 5.97 Å². The topological polar surface area (TPSA) is 105 Å². The fraction of sp³-hybridized carbons (Fsp3) is 0.158. The third kappa shape index (κ3) is 5.33. The number of para-hydroxylation sites is 2. The van der Waals surface area contributed by atoms with Crippen molar-refractivity contribution in [1.29, 1.82) is 5.26 Å². The fourth-order valence-electron chi connectivity index (χ4n) is 2.22. The van der Waals surface area contributed by atoms with E-state index in [9.17, 15) is 9.59 Å². The Bertz CT molecular complexity index is 959. The number of fused-ring (bicyclic) bond motifs is 1. The molecular weight excluding hydrogens is 366 g/mol. The molecule has 0 unspecified atom stereocenters. The van der Waals surface area contributed by atoms with Gasteiger partial charge in [-0.1, -0.05) is 36.0 Å². The highest BCUT2D eigenvalue weighted by Gasteiger charge is 2.12. The largest absolute Gasteiger partial charge is 0.455 e. The molecule has 0 spiro atoms. The quantitative estimate of drug-likeness (QED) is 0.495. The Balaban J connectivity index is 1.41. The van der Waals surface area contributed by atoms with E-state index in [1.807, 2.05) is 18.2 Å². The minimum absolute atomic E-state index is 0.0110. The molecule has 7 nitrogen and oxygen atoms in total. The number of ether oxygens (including phenoxy) is 1. The average Bonchev–Trinajstić information content (AvgIpc) is 3.09. The van der Waals surface area contributed by atoms with Crippen LogP contribution in [0.5, 0.6) is 0 Å². The summed E-state index contributed by atoms with van der Waals surface area (Å²) < 4.78 is 10.4. The van der Waals surface area contributed by atoms with Gasteiger partial charge in [-0.3, -0.25) is 9.59 Å². The minimum atomic E-state index is -0.540. The standard InChI is InChI=1S/C19H15N3O4S/c20-10-9-13-5-7-14(8-6-13)21-17(23)11-25-18(24)12-27-19-22-15-3-1-2-4-16(15)26-19/h1-8H,9,11-12H2,(H,21,23). The number of hydrogen-bond acceptors (Lipinski definition) is 7. The lowest BCUT2D eigenvalue weighted by Crippen LogP contribution is -2.21. The highest BCUT2D eigenvalue weighted by atomic mass is 32.2. The molecule has 1 heterocycles. The van der Waals surface area contributed by atoms with E-state index in [-0.39, 0.29) is 12.4 Å². The first kappa shape index (κ1) is 18.5. The van der Waals surface area contributed by atoms with Crippen LogP contribution in [0.2, 0.25) is 0 Å². The smallest absolute Gasteiger partial charge is 0.316 e. The highest BCUT2D eigenvalue weighted by molar-refractivity contribution is 7.99.